The molecule has 1 amide bonds. The fourth-order valence-corrected chi connectivity index (χ4v) is 8.57. The minimum atomic E-state index is -0.509. The van der Waals surface area contributed by atoms with Crippen molar-refractivity contribution >= 4 is 11.8 Å². The van der Waals surface area contributed by atoms with Crippen LogP contribution in [0.4, 0.5) is 4.79 Å². The van der Waals surface area contributed by atoms with E-state index in [9.17, 15) is 4.79 Å². The Morgan fingerprint density at radius 2 is 1.66 bits per heavy atom. The first-order chi connectivity index (χ1) is 19.6. The van der Waals surface area contributed by atoms with Gasteiger partial charge in [-0.15, -0.1) is 0 Å². The van der Waals surface area contributed by atoms with Crippen molar-refractivity contribution < 1.29 is 14.3 Å². The van der Waals surface area contributed by atoms with Gasteiger partial charge in [-0.25, -0.2) is 4.79 Å². The molecule has 0 unspecified atom stereocenters. The normalized spacial score (nSPS) is 28.2. The predicted molar refractivity (Wildman–Crippen MR) is 165 cm³/mol. The van der Waals surface area contributed by atoms with E-state index in [1.165, 1.54) is 43.2 Å². The SMILES string of the molecule is CCCC[C@H]1Cc2cc(OC)ccc2C(c2ccc(CN(C(=O)OC(C)(C)C)C34CC5CC(CC(C5)C3)C4)cc2)=N1. The van der Waals surface area contributed by atoms with Gasteiger partial charge in [0.15, 0.2) is 0 Å². The highest BCUT2D eigenvalue weighted by Crippen LogP contribution is 2.58. The van der Waals surface area contributed by atoms with Gasteiger partial charge < -0.3 is 9.47 Å². The largest absolute Gasteiger partial charge is 0.497 e. The third-order valence-corrected chi connectivity index (χ3v) is 9.99. The van der Waals surface area contributed by atoms with Crippen molar-refractivity contribution in [3.05, 3.63) is 64.7 Å². The van der Waals surface area contributed by atoms with Crippen molar-refractivity contribution in [1.82, 2.24) is 4.90 Å². The van der Waals surface area contributed by atoms with Gasteiger partial charge in [-0.05, 0) is 119 Å². The number of carbonyl (C=O) groups is 1. The van der Waals surface area contributed by atoms with Gasteiger partial charge in [-0.1, -0.05) is 44.0 Å². The molecular weight excluding hydrogens is 508 g/mol. The number of unbranched alkanes of at least 4 members (excludes halogenated alkanes) is 1. The molecular formula is C36H48N2O3. The van der Waals surface area contributed by atoms with Crippen molar-refractivity contribution in [2.24, 2.45) is 22.7 Å². The molecule has 4 saturated carbocycles. The van der Waals surface area contributed by atoms with Crippen molar-refractivity contribution in [3.8, 4) is 5.75 Å². The van der Waals surface area contributed by atoms with Crippen LogP contribution < -0.4 is 4.74 Å². The minimum Gasteiger partial charge on any atom is -0.497 e. The number of benzene rings is 2. The van der Waals surface area contributed by atoms with Crippen LogP contribution in [0.25, 0.3) is 0 Å². The molecule has 5 heteroatoms. The summed E-state index contributed by atoms with van der Waals surface area (Å²) in [5.41, 5.74) is 5.32. The molecule has 0 aromatic heterocycles. The zero-order valence-electron chi connectivity index (χ0n) is 25.7. The van der Waals surface area contributed by atoms with E-state index < -0.39 is 5.60 Å². The van der Waals surface area contributed by atoms with Gasteiger partial charge in [-0.2, -0.15) is 0 Å². The highest BCUT2D eigenvalue weighted by Gasteiger charge is 2.55. The standard InChI is InChI=1S/C36H48N2O3/c1-6-7-8-30-18-29-19-31(40-5)13-14-32(29)33(37-30)28-11-9-24(10-12-28)23-38(34(39)41-35(2,3)4)36-20-25-15-26(21-36)17-27(16-25)22-36/h9-14,19,25-27,30H,6-8,15-18,20-23H2,1-5H3/t25?,26?,27?,30-,36?/m0/s1. The van der Waals surface area contributed by atoms with Crippen molar-refractivity contribution in [2.75, 3.05) is 7.11 Å². The van der Waals surface area contributed by atoms with Gasteiger partial charge in [0.2, 0.25) is 0 Å². The summed E-state index contributed by atoms with van der Waals surface area (Å²) in [6.07, 6.45) is 11.7. The molecule has 7 rings (SSSR count). The third-order valence-electron chi connectivity index (χ3n) is 9.99. The van der Waals surface area contributed by atoms with Crippen molar-refractivity contribution in [3.63, 3.8) is 0 Å². The molecule has 0 spiro atoms. The predicted octanol–water partition coefficient (Wildman–Crippen LogP) is 8.35. The number of aliphatic imine (C=N–C) groups is 1. The second kappa shape index (κ2) is 11.1. The summed E-state index contributed by atoms with van der Waals surface area (Å²) in [6, 6.07) is 15.5. The molecule has 4 aliphatic carbocycles. The maximum absolute atomic E-state index is 13.8. The Morgan fingerprint density at radius 3 is 2.24 bits per heavy atom. The molecule has 4 bridgehead atoms. The molecule has 0 radical (unpaired) electrons. The second-order valence-electron chi connectivity index (χ2n) is 14.4. The summed E-state index contributed by atoms with van der Waals surface area (Å²) in [5, 5.41) is 0. The molecule has 220 valence electrons. The quantitative estimate of drug-likeness (QED) is 0.328. The number of methoxy groups -OCH3 is 1. The lowest BCUT2D eigenvalue weighted by molar-refractivity contribution is -0.0933. The summed E-state index contributed by atoms with van der Waals surface area (Å²) in [4.78, 5) is 21.2. The van der Waals surface area contributed by atoms with Crippen LogP contribution in [-0.2, 0) is 17.7 Å². The summed E-state index contributed by atoms with van der Waals surface area (Å²) in [7, 11) is 1.73. The first-order valence-corrected chi connectivity index (χ1v) is 16.0. The van der Waals surface area contributed by atoms with Gasteiger partial charge in [0.05, 0.1) is 18.9 Å². The van der Waals surface area contributed by atoms with E-state index in [-0.39, 0.29) is 11.6 Å². The van der Waals surface area contributed by atoms with E-state index in [1.54, 1.807) is 7.11 Å². The minimum absolute atomic E-state index is 0.0618. The summed E-state index contributed by atoms with van der Waals surface area (Å²) in [6.45, 7) is 8.77. The zero-order chi connectivity index (χ0) is 28.8. The zero-order valence-corrected chi connectivity index (χ0v) is 25.7. The van der Waals surface area contributed by atoms with Crippen LogP contribution in [0.15, 0.2) is 47.5 Å². The average molecular weight is 557 g/mol. The van der Waals surface area contributed by atoms with Gasteiger partial charge in [0, 0.05) is 23.2 Å². The summed E-state index contributed by atoms with van der Waals surface area (Å²) < 4.78 is 11.6. The molecule has 0 N–H and O–H groups in total. The van der Waals surface area contributed by atoms with Crippen molar-refractivity contribution in [2.45, 2.75) is 116 Å². The maximum Gasteiger partial charge on any atom is 0.411 e. The number of rotatable bonds is 8. The number of amides is 1. The van der Waals surface area contributed by atoms with Crippen LogP contribution in [0, 0.1) is 17.8 Å². The summed E-state index contributed by atoms with van der Waals surface area (Å²) >= 11 is 0. The molecule has 0 saturated heterocycles. The highest BCUT2D eigenvalue weighted by molar-refractivity contribution is 6.14. The fourth-order valence-electron chi connectivity index (χ4n) is 8.57. The number of ether oxygens (including phenoxy) is 2. The van der Waals surface area contributed by atoms with Crippen LogP contribution in [0.5, 0.6) is 5.75 Å². The molecule has 1 aliphatic heterocycles. The number of fused-ring (bicyclic) bond motifs is 1. The molecule has 5 aliphatic rings. The van der Waals surface area contributed by atoms with E-state index in [0.29, 0.717) is 12.6 Å². The number of nitrogens with zero attached hydrogens (tertiary/aromatic N) is 2. The lowest BCUT2D eigenvalue weighted by Crippen LogP contribution is -2.61. The lowest BCUT2D eigenvalue weighted by atomic mass is 9.52. The van der Waals surface area contributed by atoms with E-state index in [1.807, 2.05) is 26.8 Å². The van der Waals surface area contributed by atoms with E-state index in [2.05, 4.69) is 48.2 Å². The fraction of sp³-hybridized carbons (Fsp3) is 0.611. The van der Waals surface area contributed by atoms with Crippen LogP contribution in [-0.4, -0.2) is 41.0 Å². The Balaban J connectivity index is 1.28. The Morgan fingerprint density at radius 1 is 1.00 bits per heavy atom. The molecule has 2 aromatic rings. The van der Waals surface area contributed by atoms with Gasteiger partial charge in [0.25, 0.3) is 0 Å². The van der Waals surface area contributed by atoms with Gasteiger partial charge >= 0.3 is 6.09 Å². The highest BCUT2D eigenvalue weighted by atomic mass is 16.6. The number of carbonyl (C=O) groups excluding carboxylic acids is 1. The van der Waals surface area contributed by atoms with Crippen LogP contribution >= 0.6 is 0 Å². The van der Waals surface area contributed by atoms with E-state index in [0.717, 1.165) is 72.4 Å². The van der Waals surface area contributed by atoms with Gasteiger partial charge in [0.1, 0.15) is 11.4 Å². The Labute approximate surface area is 246 Å². The topological polar surface area (TPSA) is 51.1 Å². The number of hydrogen-bond donors (Lipinski definition) is 0. The Bertz CT molecular complexity index is 1250. The number of hydrogen-bond acceptors (Lipinski definition) is 4. The molecule has 1 heterocycles. The summed E-state index contributed by atoms with van der Waals surface area (Å²) in [5.74, 6) is 3.19. The van der Waals surface area contributed by atoms with Crippen molar-refractivity contribution in [1.29, 1.82) is 0 Å². The average Bonchev–Trinajstić information content (AvgIpc) is 2.92. The molecule has 5 nitrogen and oxygen atoms in total. The van der Waals surface area contributed by atoms with Crippen LogP contribution in [0.3, 0.4) is 0 Å². The molecule has 1 atom stereocenters. The van der Waals surface area contributed by atoms with Crippen LogP contribution in [0.2, 0.25) is 0 Å². The lowest BCUT2D eigenvalue weighted by Gasteiger charge is -2.60. The smallest absolute Gasteiger partial charge is 0.411 e. The third kappa shape index (κ3) is 5.92. The van der Waals surface area contributed by atoms with Crippen LogP contribution in [0.1, 0.15) is 108 Å². The Hall–Kier alpha value is -2.82. The first-order valence-electron chi connectivity index (χ1n) is 16.0. The second-order valence-corrected chi connectivity index (χ2v) is 14.4. The van der Waals surface area contributed by atoms with Gasteiger partial charge in [-0.3, -0.25) is 9.89 Å². The monoisotopic (exact) mass is 556 g/mol. The molecule has 4 fully saturated rings. The van der Waals surface area contributed by atoms with E-state index in [4.69, 9.17) is 14.5 Å². The first kappa shape index (κ1) is 28.3. The molecule has 41 heavy (non-hydrogen) atoms. The maximum atomic E-state index is 13.8. The van der Waals surface area contributed by atoms with E-state index >= 15 is 0 Å². The Kier molecular flexibility index (Phi) is 7.67. The molecule has 2 aromatic carbocycles.